The number of hydrogen-bond acceptors (Lipinski definition) is 6. The fourth-order valence-electron chi connectivity index (χ4n) is 4.22. The molecule has 2 aromatic carbocycles. The molecule has 2 amide bonds. The van der Waals surface area contributed by atoms with Crippen molar-refractivity contribution in [2.75, 3.05) is 30.4 Å². The van der Waals surface area contributed by atoms with E-state index in [2.05, 4.69) is 10.6 Å². The van der Waals surface area contributed by atoms with Crippen molar-refractivity contribution in [3.05, 3.63) is 63.7 Å². The van der Waals surface area contributed by atoms with Crippen molar-refractivity contribution in [1.82, 2.24) is 10.2 Å². The van der Waals surface area contributed by atoms with Crippen molar-refractivity contribution in [2.45, 2.75) is 25.1 Å². The van der Waals surface area contributed by atoms with Gasteiger partial charge in [0.1, 0.15) is 17.4 Å². The highest BCUT2D eigenvalue weighted by Gasteiger charge is 2.36. The molecule has 1 aliphatic heterocycles. The number of halogens is 3. The minimum absolute atomic E-state index is 0.0347. The molecule has 34 heavy (non-hydrogen) atoms. The van der Waals surface area contributed by atoms with Crippen molar-refractivity contribution in [1.29, 1.82) is 0 Å². The zero-order chi connectivity index (χ0) is 24.6. The van der Waals surface area contributed by atoms with Crippen LogP contribution in [0.3, 0.4) is 0 Å². The molecule has 1 aliphatic carbocycles. The van der Waals surface area contributed by atoms with Gasteiger partial charge in [-0.3, -0.25) is 10.1 Å². The van der Waals surface area contributed by atoms with Crippen LogP contribution in [-0.4, -0.2) is 56.6 Å². The van der Waals surface area contributed by atoms with Gasteiger partial charge in [-0.15, -0.1) is 0 Å². The van der Waals surface area contributed by atoms with Gasteiger partial charge in [0.15, 0.2) is 16.1 Å². The molecular weight excluding hydrogens is 492 g/mol. The highest BCUT2D eigenvalue weighted by molar-refractivity contribution is 7.91. The number of nitrogens with one attached hydrogen (secondary N) is 2. The average Bonchev–Trinajstić information content (AvgIpc) is 3.21. The second-order valence-corrected chi connectivity index (χ2v) is 10.8. The van der Waals surface area contributed by atoms with Gasteiger partial charge in [0, 0.05) is 30.4 Å². The molecule has 8 nitrogen and oxygen atoms in total. The molecule has 0 saturated carbocycles. The number of amides is 2. The van der Waals surface area contributed by atoms with E-state index in [1.165, 1.54) is 30.1 Å². The summed E-state index contributed by atoms with van der Waals surface area (Å²) in [5.74, 6) is -2.09. The quantitative estimate of drug-likeness (QED) is 0.650. The molecule has 2 aromatic rings. The first-order valence-electron chi connectivity index (χ1n) is 10.5. The van der Waals surface area contributed by atoms with Crippen molar-refractivity contribution in [3.8, 4) is 0 Å². The predicted molar refractivity (Wildman–Crippen MR) is 122 cm³/mol. The summed E-state index contributed by atoms with van der Waals surface area (Å²) in [6.07, 6.45) is -1.11. The average molecular weight is 514 g/mol. The lowest BCUT2D eigenvalue weighted by molar-refractivity contribution is 0.0523. The Bertz CT molecular complexity index is 1260. The molecule has 182 valence electrons. The van der Waals surface area contributed by atoms with Crippen LogP contribution in [0.15, 0.2) is 30.3 Å². The Balaban J connectivity index is 1.52. The van der Waals surface area contributed by atoms with E-state index in [4.69, 9.17) is 16.3 Å². The Morgan fingerprint density at radius 2 is 1.94 bits per heavy atom. The van der Waals surface area contributed by atoms with Gasteiger partial charge in [0.25, 0.3) is 5.91 Å². The predicted octanol–water partition coefficient (Wildman–Crippen LogP) is 3.27. The number of benzene rings is 2. The maximum Gasteiger partial charge on any atom is 0.411 e. The molecule has 0 spiro atoms. The van der Waals surface area contributed by atoms with Crippen molar-refractivity contribution >= 4 is 39.1 Å². The number of ether oxygens (including phenoxy) is 1. The van der Waals surface area contributed by atoms with E-state index in [9.17, 15) is 26.8 Å². The van der Waals surface area contributed by atoms with E-state index >= 15 is 0 Å². The molecule has 0 bridgehead atoms. The highest BCUT2D eigenvalue weighted by Crippen LogP contribution is 2.39. The number of sulfone groups is 1. The zero-order valence-corrected chi connectivity index (χ0v) is 19.7. The third kappa shape index (κ3) is 5.01. The molecule has 1 saturated heterocycles. The summed E-state index contributed by atoms with van der Waals surface area (Å²) in [7, 11) is -1.88. The summed E-state index contributed by atoms with van der Waals surface area (Å²) < 4.78 is 57.1. The van der Waals surface area contributed by atoms with Crippen LogP contribution >= 0.6 is 11.6 Å². The van der Waals surface area contributed by atoms with Gasteiger partial charge in [-0.05, 0) is 48.7 Å². The zero-order valence-electron chi connectivity index (χ0n) is 18.1. The van der Waals surface area contributed by atoms with E-state index in [1.807, 2.05) is 0 Å². The molecule has 0 radical (unpaired) electrons. The summed E-state index contributed by atoms with van der Waals surface area (Å²) in [6.45, 7) is 0.169. The van der Waals surface area contributed by atoms with Crippen LogP contribution in [-0.2, 0) is 21.0 Å². The van der Waals surface area contributed by atoms with Crippen LogP contribution in [0.25, 0.3) is 0 Å². The molecule has 2 N–H and O–H groups in total. The fourth-order valence-corrected chi connectivity index (χ4v) is 5.64. The van der Waals surface area contributed by atoms with Gasteiger partial charge in [-0.1, -0.05) is 11.6 Å². The Hall–Kier alpha value is -2.76. The van der Waals surface area contributed by atoms with Gasteiger partial charge in [0.05, 0.1) is 16.8 Å². The topological polar surface area (TPSA) is 105 Å². The second kappa shape index (κ2) is 9.47. The maximum atomic E-state index is 14.8. The van der Waals surface area contributed by atoms with E-state index in [0.29, 0.717) is 18.4 Å². The lowest BCUT2D eigenvalue weighted by Crippen LogP contribution is -2.49. The van der Waals surface area contributed by atoms with Crippen LogP contribution < -0.4 is 10.6 Å². The third-order valence-corrected chi connectivity index (χ3v) is 7.84. The summed E-state index contributed by atoms with van der Waals surface area (Å²) in [4.78, 5) is 26.8. The number of hydrogen-bond donors (Lipinski definition) is 2. The first-order chi connectivity index (χ1) is 16.1. The third-order valence-electron chi connectivity index (χ3n) is 5.92. The molecule has 0 aromatic heterocycles. The molecule has 4 rings (SSSR count). The largest absolute Gasteiger partial charge is 0.429 e. The lowest BCUT2D eigenvalue weighted by Gasteiger charge is -2.29. The summed E-state index contributed by atoms with van der Waals surface area (Å²) in [5.41, 5.74) is 1.16. The summed E-state index contributed by atoms with van der Waals surface area (Å²) in [5, 5.41) is 5.30. The van der Waals surface area contributed by atoms with E-state index in [1.54, 1.807) is 0 Å². The number of nitrogens with zero attached hydrogens (tertiary/aromatic N) is 1. The van der Waals surface area contributed by atoms with Crippen LogP contribution in [0.4, 0.5) is 19.3 Å². The van der Waals surface area contributed by atoms with E-state index < -0.39 is 45.7 Å². The Morgan fingerprint density at radius 1 is 1.21 bits per heavy atom. The first kappa shape index (κ1) is 24.4. The molecule has 12 heteroatoms. The molecule has 2 aliphatic rings. The molecule has 1 unspecified atom stereocenters. The van der Waals surface area contributed by atoms with Gasteiger partial charge in [-0.2, -0.15) is 0 Å². The highest BCUT2D eigenvalue weighted by atomic mass is 35.5. The Morgan fingerprint density at radius 3 is 2.65 bits per heavy atom. The maximum absolute atomic E-state index is 14.8. The minimum atomic E-state index is -3.32. The molecule has 2 atom stereocenters. The van der Waals surface area contributed by atoms with Gasteiger partial charge >= 0.3 is 6.09 Å². The van der Waals surface area contributed by atoms with Crippen LogP contribution in [0.2, 0.25) is 5.02 Å². The Kier molecular flexibility index (Phi) is 6.79. The van der Waals surface area contributed by atoms with Gasteiger partial charge in [0.2, 0.25) is 0 Å². The monoisotopic (exact) mass is 513 g/mol. The second-order valence-electron chi connectivity index (χ2n) is 8.18. The Labute approximate surface area is 200 Å². The minimum Gasteiger partial charge on any atom is -0.429 e. The number of rotatable bonds is 4. The normalized spacial score (nSPS) is 20.9. The van der Waals surface area contributed by atoms with Crippen LogP contribution in [0.5, 0.6) is 0 Å². The fraction of sp³-hybridized carbons (Fsp3) is 0.364. The van der Waals surface area contributed by atoms with Crippen molar-refractivity contribution in [3.63, 3.8) is 0 Å². The van der Waals surface area contributed by atoms with E-state index in [0.717, 1.165) is 12.1 Å². The van der Waals surface area contributed by atoms with Gasteiger partial charge in [-0.25, -0.2) is 22.0 Å². The van der Waals surface area contributed by atoms with Crippen LogP contribution in [0.1, 0.15) is 33.9 Å². The number of carbonyl (C=O) groups excluding carboxylic acids is 2. The summed E-state index contributed by atoms with van der Waals surface area (Å²) in [6, 6.07) is 5.55. The standard InChI is InChI=1S/C22H22ClF2N3O5S/c1-28(22(30)33-19-11-34(31,32)9-8-26-19)18-7-4-13-14(3-6-17(25)20(13)18)21(29)27-12-2-5-16(24)15(23)10-12/h2-3,5-6,10,18-19,26H,4,7-9,11H2,1H3,(H,27,29)/t18-,19?/m0/s1. The smallest absolute Gasteiger partial charge is 0.411 e. The van der Waals surface area contributed by atoms with Crippen molar-refractivity contribution in [2.24, 2.45) is 0 Å². The first-order valence-corrected chi connectivity index (χ1v) is 12.7. The SMILES string of the molecule is CN(C(=O)OC1CS(=O)(=O)CCN1)[C@H]1CCc2c(C(=O)Nc3ccc(F)c(Cl)c3)ccc(F)c21. The molecule has 1 heterocycles. The number of anilines is 1. The number of carbonyl (C=O) groups is 2. The lowest BCUT2D eigenvalue weighted by atomic mass is 10.0. The van der Waals surface area contributed by atoms with Gasteiger partial charge < -0.3 is 15.0 Å². The molecule has 1 fully saturated rings. The van der Waals surface area contributed by atoms with E-state index in [-0.39, 0.29) is 39.9 Å². The van der Waals surface area contributed by atoms with Crippen molar-refractivity contribution < 1.29 is 31.5 Å². The number of fused-ring (bicyclic) bond motifs is 1. The van der Waals surface area contributed by atoms with Crippen LogP contribution in [0, 0.1) is 11.6 Å². The summed E-state index contributed by atoms with van der Waals surface area (Å²) >= 11 is 5.76. The molecular formula is C22H22ClF2N3O5S.